The van der Waals surface area contributed by atoms with Crippen molar-refractivity contribution in [3.8, 4) is 5.75 Å². The van der Waals surface area contributed by atoms with E-state index in [2.05, 4.69) is 24.4 Å². The van der Waals surface area contributed by atoms with Gasteiger partial charge in [0.2, 0.25) is 5.91 Å². The Kier molecular flexibility index (Phi) is 5.34. The van der Waals surface area contributed by atoms with E-state index in [1.807, 2.05) is 42.5 Å². The Bertz CT molecular complexity index is 972. The minimum atomic E-state index is -0.374. The Morgan fingerprint density at radius 1 is 0.964 bits per heavy atom. The van der Waals surface area contributed by atoms with Crippen LogP contribution in [0.25, 0.3) is 10.8 Å². The average molecular weight is 373 g/mol. The molecule has 1 fully saturated rings. The van der Waals surface area contributed by atoms with Crippen molar-refractivity contribution in [3.63, 3.8) is 0 Å². The van der Waals surface area contributed by atoms with E-state index in [0.29, 0.717) is 0 Å². The van der Waals surface area contributed by atoms with Gasteiger partial charge in [0.25, 0.3) is 0 Å². The zero-order valence-corrected chi connectivity index (χ0v) is 16.3. The highest BCUT2D eigenvalue weighted by Gasteiger charge is 2.27. The Morgan fingerprint density at radius 2 is 1.68 bits per heavy atom. The Hall–Kier alpha value is -2.81. The predicted molar refractivity (Wildman–Crippen MR) is 113 cm³/mol. The maximum absolute atomic E-state index is 13.1. The van der Waals surface area contributed by atoms with E-state index >= 15 is 0 Å². The molecule has 1 atom stereocenters. The maximum atomic E-state index is 13.1. The molecule has 28 heavy (non-hydrogen) atoms. The number of amides is 1. The van der Waals surface area contributed by atoms with Gasteiger partial charge in [-0.3, -0.25) is 4.79 Å². The molecule has 3 heteroatoms. The van der Waals surface area contributed by atoms with E-state index in [1.54, 1.807) is 6.07 Å². The molecule has 2 N–H and O–H groups in total. The lowest BCUT2D eigenvalue weighted by molar-refractivity contribution is -0.126. The van der Waals surface area contributed by atoms with Gasteiger partial charge in [-0.05, 0) is 42.2 Å². The number of phenolic OH excluding ortho intramolecular Hbond substituents is 1. The number of hydrogen-bond donors (Lipinski definition) is 2. The summed E-state index contributed by atoms with van der Waals surface area (Å²) in [5.74, 6) is 0.379. The number of rotatable bonds is 4. The summed E-state index contributed by atoms with van der Waals surface area (Å²) in [4.78, 5) is 13.1. The summed E-state index contributed by atoms with van der Waals surface area (Å²) in [6.07, 6.45) is 5.36. The van der Waals surface area contributed by atoms with E-state index < -0.39 is 0 Å². The molecule has 0 heterocycles. The minimum Gasteiger partial charge on any atom is -0.508 e. The zero-order chi connectivity index (χ0) is 19.5. The summed E-state index contributed by atoms with van der Waals surface area (Å²) in [6, 6.07) is 19.5. The molecule has 1 aliphatic rings. The number of carbonyl (C=O) groups excluding carboxylic acids is 1. The van der Waals surface area contributed by atoms with Crippen LogP contribution in [0.4, 0.5) is 0 Å². The summed E-state index contributed by atoms with van der Waals surface area (Å²) < 4.78 is 0. The van der Waals surface area contributed by atoms with Gasteiger partial charge in [0.05, 0.1) is 6.04 Å². The Balaban J connectivity index is 1.78. The van der Waals surface area contributed by atoms with Crippen LogP contribution in [-0.4, -0.2) is 11.0 Å². The van der Waals surface area contributed by atoms with Gasteiger partial charge in [-0.15, -0.1) is 0 Å². The quantitative estimate of drug-likeness (QED) is 0.622. The fourth-order valence-electron chi connectivity index (χ4n) is 4.29. The third-order valence-corrected chi connectivity index (χ3v) is 5.91. The van der Waals surface area contributed by atoms with Crippen molar-refractivity contribution < 1.29 is 9.90 Å². The second-order valence-corrected chi connectivity index (χ2v) is 7.91. The van der Waals surface area contributed by atoms with Gasteiger partial charge in [-0.25, -0.2) is 0 Å². The number of carbonyl (C=O) groups is 1. The smallest absolute Gasteiger partial charge is 0.223 e. The van der Waals surface area contributed by atoms with Crippen LogP contribution < -0.4 is 5.32 Å². The lowest BCUT2D eigenvalue weighted by atomic mass is 9.87. The van der Waals surface area contributed by atoms with Crippen molar-refractivity contribution in [1.29, 1.82) is 0 Å². The Morgan fingerprint density at radius 3 is 2.43 bits per heavy atom. The van der Waals surface area contributed by atoms with Crippen LogP contribution in [0.1, 0.15) is 54.8 Å². The van der Waals surface area contributed by atoms with E-state index in [9.17, 15) is 9.90 Å². The van der Waals surface area contributed by atoms with Crippen molar-refractivity contribution in [2.75, 3.05) is 0 Å². The molecule has 1 amide bonds. The molecule has 0 aliphatic heterocycles. The first-order valence-corrected chi connectivity index (χ1v) is 10.2. The number of phenols is 1. The topological polar surface area (TPSA) is 49.3 Å². The van der Waals surface area contributed by atoms with Crippen LogP contribution in [0, 0.1) is 12.8 Å². The third-order valence-electron chi connectivity index (χ3n) is 5.91. The number of hydrogen-bond acceptors (Lipinski definition) is 2. The van der Waals surface area contributed by atoms with Gasteiger partial charge >= 0.3 is 0 Å². The molecule has 1 saturated carbocycles. The summed E-state index contributed by atoms with van der Waals surface area (Å²) in [7, 11) is 0. The average Bonchev–Trinajstić information content (AvgIpc) is 2.73. The first-order valence-electron chi connectivity index (χ1n) is 10.2. The number of aryl methyl sites for hydroxylation is 1. The van der Waals surface area contributed by atoms with Crippen LogP contribution in [-0.2, 0) is 4.79 Å². The van der Waals surface area contributed by atoms with Crippen molar-refractivity contribution >= 4 is 16.7 Å². The van der Waals surface area contributed by atoms with Crippen LogP contribution in [0.2, 0.25) is 0 Å². The molecule has 0 bridgehead atoms. The van der Waals surface area contributed by atoms with E-state index in [-0.39, 0.29) is 23.6 Å². The van der Waals surface area contributed by atoms with Crippen molar-refractivity contribution in [2.45, 2.75) is 45.1 Å². The number of fused-ring (bicyclic) bond motifs is 1. The van der Waals surface area contributed by atoms with Crippen LogP contribution in [0.3, 0.4) is 0 Å². The highest BCUT2D eigenvalue weighted by Crippen LogP contribution is 2.36. The summed E-state index contributed by atoms with van der Waals surface area (Å²) in [5.41, 5.74) is 2.93. The van der Waals surface area contributed by atoms with Gasteiger partial charge in [0, 0.05) is 11.5 Å². The second-order valence-electron chi connectivity index (χ2n) is 7.91. The lowest BCUT2D eigenvalue weighted by Crippen LogP contribution is -2.35. The van der Waals surface area contributed by atoms with E-state index in [1.165, 1.54) is 12.0 Å². The number of aromatic hydroxyl groups is 1. The van der Waals surface area contributed by atoms with Gasteiger partial charge < -0.3 is 10.4 Å². The molecule has 0 saturated heterocycles. The molecule has 1 aliphatic carbocycles. The number of nitrogens with one attached hydrogen (secondary N) is 1. The molecule has 0 spiro atoms. The van der Waals surface area contributed by atoms with Gasteiger partial charge in [0.1, 0.15) is 5.75 Å². The highest BCUT2D eigenvalue weighted by molar-refractivity contribution is 5.89. The molecule has 0 unspecified atom stereocenters. The van der Waals surface area contributed by atoms with E-state index in [4.69, 9.17) is 0 Å². The zero-order valence-electron chi connectivity index (χ0n) is 16.3. The standard InChI is InChI=1S/C25H27NO2/c1-17-11-13-19(14-12-17)24(26-25(28)20-8-3-2-4-9-20)23-21-10-6-5-7-18(21)15-16-22(23)27/h5-7,10-16,20,24,27H,2-4,8-9H2,1H3,(H,26,28)/t24-/m0/s1. The maximum Gasteiger partial charge on any atom is 0.223 e. The highest BCUT2D eigenvalue weighted by atomic mass is 16.3. The van der Waals surface area contributed by atoms with Gasteiger partial charge in [-0.2, -0.15) is 0 Å². The third kappa shape index (κ3) is 3.75. The minimum absolute atomic E-state index is 0.0683. The summed E-state index contributed by atoms with van der Waals surface area (Å²) in [6.45, 7) is 2.05. The van der Waals surface area contributed by atoms with Crippen molar-refractivity contribution in [3.05, 3.63) is 77.4 Å². The molecule has 3 nitrogen and oxygen atoms in total. The molecule has 0 radical (unpaired) electrons. The molecule has 3 aromatic rings. The van der Waals surface area contributed by atoms with Crippen molar-refractivity contribution in [2.24, 2.45) is 5.92 Å². The van der Waals surface area contributed by atoms with E-state index in [0.717, 1.165) is 47.6 Å². The van der Waals surface area contributed by atoms with Gasteiger partial charge in [-0.1, -0.05) is 79.4 Å². The largest absolute Gasteiger partial charge is 0.508 e. The summed E-state index contributed by atoms with van der Waals surface area (Å²) in [5, 5.41) is 16.1. The van der Waals surface area contributed by atoms with Crippen LogP contribution >= 0.6 is 0 Å². The molecular formula is C25H27NO2. The molecule has 144 valence electrons. The first-order chi connectivity index (χ1) is 13.6. The monoisotopic (exact) mass is 373 g/mol. The lowest BCUT2D eigenvalue weighted by Gasteiger charge is -2.27. The second kappa shape index (κ2) is 8.05. The molecular weight excluding hydrogens is 346 g/mol. The van der Waals surface area contributed by atoms with Crippen LogP contribution in [0.15, 0.2) is 60.7 Å². The van der Waals surface area contributed by atoms with Gasteiger partial charge in [0.15, 0.2) is 0 Å². The molecule has 0 aromatic heterocycles. The fraction of sp³-hybridized carbons (Fsp3) is 0.320. The normalized spacial score (nSPS) is 16.0. The predicted octanol–water partition coefficient (Wildman–Crippen LogP) is 5.64. The Labute approximate surface area is 166 Å². The SMILES string of the molecule is Cc1ccc([C@H](NC(=O)C2CCCCC2)c2c(O)ccc3ccccc23)cc1. The fourth-order valence-corrected chi connectivity index (χ4v) is 4.29. The molecule has 4 rings (SSSR count). The van der Waals surface area contributed by atoms with Crippen LogP contribution in [0.5, 0.6) is 5.75 Å². The first kappa shape index (κ1) is 18.5. The van der Waals surface area contributed by atoms with Crippen molar-refractivity contribution in [1.82, 2.24) is 5.32 Å². The molecule has 3 aromatic carbocycles. The summed E-state index contributed by atoms with van der Waals surface area (Å²) >= 11 is 0. The number of benzene rings is 3.